The molecule has 2 aliphatic carbocycles. The molecule has 0 radical (unpaired) electrons. The van der Waals surface area contributed by atoms with E-state index in [0.717, 1.165) is 12.6 Å². The highest BCUT2D eigenvalue weighted by atomic mass is 16.5. The van der Waals surface area contributed by atoms with Gasteiger partial charge in [-0.25, -0.2) is 0 Å². The van der Waals surface area contributed by atoms with Crippen LogP contribution in [0.2, 0.25) is 0 Å². The summed E-state index contributed by atoms with van der Waals surface area (Å²) in [6.45, 7) is 3.24. The van der Waals surface area contributed by atoms with Crippen molar-refractivity contribution in [3.63, 3.8) is 0 Å². The molecule has 0 aliphatic heterocycles. The average molecular weight is 197 g/mol. The molecule has 2 rings (SSSR count). The molecule has 14 heavy (non-hydrogen) atoms. The summed E-state index contributed by atoms with van der Waals surface area (Å²) in [5.41, 5.74) is 0. The van der Waals surface area contributed by atoms with Gasteiger partial charge in [0.2, 0.25) is 0 Å². The Morgan fingerprint density at radius 2 is 1.86 bits per heavy atom. The third-order valence-corrected chi connectivity index (χ3v) is 3.53. The minimum Gasteiger partial charge on any atom is -0.374 e. The van der Waals surface area contributed by atoms with Gasteiger partial charge in [-0.1, -0.05) is 12.8 Å². The molecule has 2 fully saturated rings. The molecule has 1 unspecified atom stereocenters. The second kappa shape index (κ2) is 5.13. The van der Waals surface area contributed by atoms with Crippen molar-refractivity contribution in [2.24, 2.45) is 0 Å². The van der Waals surface area contributed by atoms with Crippen LogP contribution in [0.3, 0.4) is 0 Å². The molecule has 0 aromatic heterocycles. The lowest BCUT2D eigenvalue weighted by atomic mass is 9.96. The van der Waals surface area contributed by atoms with Gasteiger partial charge in [-0.2, -0.15) is 0 Å². The van der Waals surface area contributed by atoms with E-state index in [4.69, 9.17) is 4.74 Å². The highest BCUT2D eigenvalue weighted by Crippen LogP contribution is 2.23. The molecule has 0 amide bonds. The minimum absolute atomic E-state index is 0.404. The Bertz CT molecular complexity index is 162. The lowest BCUT2D eigenvalue weighted by Gasteiger charge is -2.29. The lowest BCUT2D eigenvalue weighted by Crippen LogP contribution is -2.37. The van der Waals surface area contributed by atoms with E-state index in [2.05, 4.69) is 12.2 Å². The molecule has 2 nitrogen and oxygen atoms in total. The molecule has 2 aliphatic rings. The van der Waals surface area contributed by atoms with Gasteiger partial charge in [-0.05, 0) is 39.0 Å². The highest BCUT2D eigenvalue weighted by Gasteiger charge is 2.21. The number of rotatable bonds is 5. The van der Waals surface area contributed by atoms with Crippen molar-refractivity contribution < 1.29 is 4.74 Å². The zero-order chi connectivity index (χ0) is 9.80. The summed E-state index contributed by atoms with van der Waals surface area (Å²) in [6.07, 6.45) is 10.5. The van der Waals surface area contributed by atoms with Crippen molar-refractivity contribution in [1.29, 1.82) is 0 Å². The average Bonchev–Trinajstić information content (AvgIpc) is 2.60. The Labute approximate surface area is 87.4 Å². The van der Waals surface area contributed by atoms with Crippen molar-refractivity contribution in [1.82, 2.24) is 5.32 Å². The Hall–Kier alpha value is -0.0800. The van der Waals surface area contributed by atoms with Gasteiger partial charge < -0.3 is 10.1 Å². The van der Waals surface area contributed by atoms with Crippen LogP contribution in [0.1, 0.15) is 51.9 Å². The monoisotopic (exact) mass is 197 g/mol. The van der Waals surface area contributed by atoms with E-state index < -0.39 is 0 Å². The molecule has 0 aromatic rings. The van der Waals surface area contributed by atoms with Crippen molar-refractivity contribution in [2.45, 2.75) is 70.1 Å². The maximum absolute atomic E-state index is 5.88. The molecule has 0 heterocycles. The van der Waals surface area contributed by atoms with E-state index in [1.807, 2.05) is 0 Å². The number of nitrogens with one attached hydrogen (secondary N) is 1. The summed E-state index contributed by atoms with van der Waals surface area (Å²) in [5, 5.41) is 3.61. The Kier molecular flexibility index (Phi) is 3.82. The summed E-state index contributed by atoms with van der Waals surface area (Å²) >= 11 is 0. The number of hydrogen-bond acceptors (Lipinski definition) is 2. The Morgan fingerprint density at radius 3 is 2.43 bits per heavy atom. The maximum atomic E-state index is 5.88. The zero-order valence-corrected chi connectivity index (χ0v) is 9.30. The van der Waals surface area contributed by atoms with Gasteiger partial charge >= 0.3 is 0 Å². The Morgan fingerprint density at radius 1 is 1.14 bits per heavy atom. The highest BCUT2D eigenvalue weighted by molar-refractivity contribution is 4.76. The minimum atomic E-state index is 0.404. The molecule has 0 spiro atoms. The standard InChI is InChI=1S/C12H23NO/c1-10(14-12-7-4-8-12)9-13-11-5-2-3-6-11/h10-13H,2-9H2,1H3. The fourth-order valence-corrected chi connectivity index (χ4v) is 2.35. The van der Waals surface area contributed by atoms with Crippen LogP contribution < -0.4 is 5.32 Å². The van der Waals surface area contributed by atoms with Crippen LogP contribution in [-0.2, 0) is 4.74 Å². The van der Waals surface area contributed by atoms with Crippen molar-refractivity contribution in [2.75, 3.05) is 6.54 Å². The predicted octanol–water partition coefficient (Wildman–Crippen LogP) is 2.48. The zero-order valence-electron chi connectivity index (χ0n) is 9.30. The molecule has 1 N–H and O–H groups in total. The molecule has 1 atom stereocenters. The van der Waals surface area contributed by atoms with E-state index in [9.17, 15) is 0 Å². The van der Waals surface area contributed by atoms with Crippen LogP contribution >= 0.6 is 0 Å². The maximum Gasteiger partial charge on any atom is 0.0675 e. The summed E-state index contributed by atoms with van der Waals surface area (Å²) in [5.74, 6) is 0. The Balaban J connectivity index is 1.54. The van der Waals surface area contributed by atoms with E-state index in [1.54, 1.807) is 0 Å². The fraction of sp³-hybridized carbons (Fsp3) is 1.00. The summed E-state index contributed by atoms with van der Waals surface area (Å²) < 4.78 is 5.88. The van der Waals surface area contributed by atoms with Crippen LogP contribution in [0.4, 0.5) is 0 Å². The van der Waals surface area contributed by atoms with Gasteiger partial charge in [0.05, 0.1) is 12.2 Å². The number of ether oxygens (including phenoxy) is 1. The normalized spacial score (nSPS) is 26.4. The van der Waals surface area contributed by atoms with E-state index >= 15 is 0 Å². The molecular weight excluding hydrogens is 174 g/mol. The van der Waals surface area contributed by atoms with Crippen LogP contribution in [0.15, 0.2) is 0 Å². The fourth-order valence-electron chi connectivity index (χ4n) is 2.35. The quantitative estimate of drug-likeness (QED) is 0.731. The van der Waals surface area contributed by atoms with Gasteiger partial charge in [0.15, 0.2) is 0 Å². The van der Waals surface area contributed by atoms with Crippen molar-refractivity contribution >= 4 is 0 Å². The van der Waals surface area contributed by atoms with Crippen LogP contribution in [0, 0.1) is 0 Å². The SMILES string of the molecule is CC(CNC1CCCC1)OC1CCC1. The van der Waals surface area contributed by atoms with Gasteiger partial charge in [0, 0.05) is 12.6 Å². The molecule has 82 valence electrons. The van der Waals surface area contributed by atoms with E-state index in [0.29, 0.717) is 12.2 Å². The number of hydrogen-bond donors (Lipinski definition) is 1. The van der Waals surface area contributed by atoms with Crippen molar-refractivity contribution in [3.8, 4) is 0 Å². The third-order valence-electron chi connectivity index (χ3n) is 3.53. The van der Waals surface area contributed by atoms with Crippen LogP contribution in [0.25, 0.3) is 0 Å². The van der Waals surface area contributed by atoms with E-state index in [1.165, 1.54) is 44.9 Å². The second-order valence-corrected chi connectivity index (χ2v) is 4.89. The van der Waals surface area contributed by atoms with E-state index in [-0.39, 0.29) is 0 Å². The third kappa shape index (κ3) is 2.96. The van der Waals surface area contributed by atoms with Gasteiger partial charge in [0.25, 0.3) is 0 Å². The van der Waals surface area contributed by atoms with Crippen LogP contribution in [-0.4, -0.2) is 24.8 Å². The first kappa shape index (κ1) is 10.4. The second-order valence-electron chi connectivity index (χ2n) is 4.89. The molecule has 0 aromatic carbocycles. The van der Waals surface area contributed by atoms with Gasteiger partial charge in [0.1, 0.15) is 0 Å². The molecule has 0 saturated heterocycles. The molecule has 2 saturated carbocycles. The van der Waals surface area contributed by atoms with Crippen molar-refractivity contribution in [3.05, 3.63) is 0 Å². The predicted molar refractivity (Wildman–Crippen MR) is 58.4 cm³/mol. The van der Waals surface area contributed by atoms with Crippen LogP contribution in [0.5, 0.6) is 0 Å². The smallest absolute Gasteiger partial charge is 0.0675 e. The first-order chi connectivity index (χ1) is 6.84. The summed E-state index contributed by atoms with van der Waals surface area (Å²) in [4.78, 5) is 0. The summed E-state index contributed by atoms with van der Waals surface area (Å²) in [6, 6.07) is 0.780. The van der Waals surface area contributed by atoms with Gasteiger partial charge in [-0.3, -0.25) is 0 Å². The summed E-state index contributed by atoms with van der Waals surface area (Å²) in [7, 11) is 0. The molecule has 2 heteroatoms. The first-order valence-corrected chi connectivity index (χ1v) is 6.23. The molecular formula is C12H23NO. The topological polar surface area (TPSA) is 21.3 Å². The van der Waals surface area contributed by atoms with Gasteiger partial charge in [-0.15, -0.1) is 0 Å². The lowest BCUT2D eigenvalue weighted by molar-refractivity contribution is -0.0425. The molecule has 0 bridgehead atoms. The largest absolute Gasteiger partial charge is 0.374 e. The first-order valence-electron chi connectivity index (χ1n) is 6.23.